The maximum atomic E-state index is 12.1. The van der Waals surface area contributed by atoms with Crippen LogP contribution >= 0.6 is 0 Å². The Hall–Kier alpha value is -1.14. The van der Waals surface area contributed by atoms with Crippen molar-refractivity contribution in [1.82, 2.24) is 4.90 Å². The molecule has 0 aromatic rings. The number of amides is 1. The van der Waals surface area contributed by atoms with E-state index in [4.69, 9.17) is 14.6 Å². The van der Waals surface area contributed by atoms with Crippen LogP contribution in [-0.2, 0) is 19.1 Å². The number of nitrogens with zero attached hydrogens (tertiary/aromatic N) is 1. The van der Waals surface area contributed by atoms with Crippen LogP contribution in [0.5, 0.6) is 0 Å². The molecular weight excluding hydrogens is 262 g/mol. The normalized spacial score (nSPS) is 23.6. The van der Waals surface area contributed by atoms with E-state index in [9.17, 15) is 9.59 Å². The van der Waals surface area contributed by atoms with E-state index in [1.54, 1.807) is 25.7 Å². The summed E-state index contributed by atoms with van der Waals surface area (Å²) in [5.74, 6) is -0.476. The fraction of sp³-hybridized carbons (Fsp3) is 0.857. The molecule has 1 fully saturated rings. The Balaban J connectivity index is 2.43. The summed E-state index contributed by atoms with van der Waals surface area (Å²) in [4.78, 5) is 25.4. The Labute approximate surface area is 120 Å². The molecule has 1 aliphatic rings. The number of carbonyl (C=O) groups excluding carboxylic acids is 2. The van der Waals surface area contributed by atoms with Crippen molar-refractivity contribution >= 4 is 11.9 Å². The van der Waals surface area contributed by atoms with Crippen LogP contribution < -0.4 is 0 Å². The summed E-state index contributed by atoms with van der Waals surface area (Å²) in [6, 6.07) is -0.0380. The second-order valence-electron chi connectivity index (χ2n) is 6.12. The Morgan fingerprint density at radius 2 is 2.00 bits per heavy atom. The van der Waals surface area contributed by atoms with Crippen LogP contribution in [0.4, 0.5) is 0 Å². The zero-order valence-electron chi connectivity index (χ0n) is 12.7. The SMILES string of the molecule is CC1COC(CO)CN1C(=O)CCC(=O)OC(C)(C)C. The van der Waals surface area contributed by atoms with E-state index in [1.165, 1.54) is 0 Å². The first-order chi connectivity index (χ1) is 9.23. The molecule has 1 N–H and O–H groups in total. The molecule has 2 unspecified atom stereocenters. The highest BCUT2D eigenvalue weighted by molar-refractivity contribution is 5.81. The number of hydrogen-bond donors (Lipinski definition) is 1. The van der Waals surface area contributed by atoms with Crippen LogP contribution in [0.25, 0.3) is 0 Å². The lowest BCUT2D eigenvalue weighted by molar-refractivity contribution is -0.158. The zero-order valence-corrected chi connectivity index (χ0v) is 12.7. The first-order valence-corrected chi connectivity index (χ1v) is 6.96. The first kappa shape index (κ1) is 16.9. The highest BCUT2D eigenvalue weighted by Gasteiger charge is 2.29. The van der Waals surface area contributed by atoms with Gasteiger partial charge in [-0.2, -0.15) is 0 Å². The molecule has 2 atom stereocenters. The minimum absolute atomic E-state index is 0.0380. The number of esters is 1. The Bertz CT molecular complexity index is 350. The lowest BCUT2D eigenvalue weighted by atomic mass is 10.1. The van der Waals surface area contributed by atoms with Crippen molar-refractivity contribution in [1.29, 1.82) is 0 Å². The Morgan fingerprint density at radius 1 is 1.35 bits per heavy atom. The van der Waals surface area contributed by atoms with Crippen molar-refractivity contribution in [3.05, 3.63) is 0 Å². The number of carbonyl (C=O) groups is 2. The van der Waals surface area contributed by atoms with Crippen molar-refractivity contribution in [2.24, 2.45) is 0 Å². The van der Waals surface area contributed by atoms with Crippen molar-refractivity contribution in [3.63, 3.8) is 0 Å². The number of morpholine rings is 1. The highest BCUT2D eigenvalue weighted by Crippen LogP contribution is 2.15. The average molecular weight is 287 g/mol. The maximum Gasteiger partial charge on any atom is 0.306 e. The molecular formula is C14H25NO5. The average Bonchev–Trinajstić information content (AvgIpc) is 2.34. The quantitative estimate of drug-likeness (QED) is 0.771. The van der Waals surface area contributed by atoms with E-state index in [0.29, 0.717) is 13.2 Å². The van der Waals surface area contributed by atoms with E-state index in [-0.39, 0.29) is 43.5 Å². The lowest BCUT2D eigenvalue weighted by Gasteiger charge is -2.37. The van der Waals surface area contributed by atoms with Crippen molar-refractivity contribution in [2.45, 2.75) is 58.3 Å². The van der Waals surface area contributed by atoms with Crippen molar-refractivity contribution in [2.75, 3.05) is 19.8 Å². The molecule has 6 heteroatoms. The largest absolute Gasteiger partial charge is 0.460 e. The monoisotopic (exact) mass is 287 g/mol. The molecule has 1 aliphatic heterocycles. The number of hydrogen-bond acceptors (Lipinski definition) is 5. The van der Waals surface area contributed by atoms with Gasteiger partial charge >= 0.3 is 5.97 Å². The minimum Gasteiger partial charge on any atom is -0.460 e. The van der Waals surface area contributed by atoms with Crippen LogP contribution in [0.15, 0.2) is 0 Å². The van der Waals surface area contributed by atoms with Crippen LogP contribution in [0.1, 0.15) is 40.5 Å². The van der Waals surface area contributed by atoms with Gasteiger partial charge in [-0.15, -0.1) is 0 Å². The third-order valence-electron chi connectivity index (χ3n) is 2.99. The molecule has 0 radical (unpaired) electrons. The molecule has 0 aliphatic carbocycles. The van der Waals surface area contributed by atoms with Gasteiger partial charge in [-0.3, -0.25) is 9.59 Å². The molecule has 1 rings (SSSR count). The van der Waals surface area contributed by atoms with Crippen LogP contribution in [0.2, 0.25) is 0 Å². The number of ether oxygens (including phenoxy) is 2. The van der Waals surface area contributed by atoms with Crippen LogP contribution in [-0.4, -0.2) is 59.4 Å². The van der Waals surface area contributed by atoms with Gasteiger partial charge in [0.25, 0.3) is 0 Å². The molecule has 0 saturated carbocycles. The molecule has 116 valence electrons. The molecule has 0 aromatic carbocycles. The predicted octanol–water partition coefficient (Wildman–Crippen LogP) is 0.716. The van der Waals surface area contributed by atoms with E-state index in [0.717, 1.165) is 0 Å². The third-order valence-corrected chi connectivity index (χ3v) is 2.99. The van der Waals surface area contributed by atoms with E-state index < -0.39 is 5.60 Å². The fourth-order valence-corrected chi connectivity index (χ4v) is 2.02. The van der Waals surface area contributed by atoms with Gasteiger partial charge in [-0.25, -0.2) is 0 Å². The lowest BCUT2D eigenvalue weighted by Crippen LogP contribution is -2.52. The number of aliphatic hydroxyl groups excluding tert-OH is 1. The smallest absolute Gasteiger partial charge is 0.306 e. The molecule has 0 spiro atoms. The van der Waals surface area contributed by atoms with Crippen LogP contribution in [0.3, 0.4) is 0 Å². The Morgan fingerprint density at radius 3 is 2.55 bits per heavy atom. The molecule has 1 heterocycles. The summed E-state index contributed by atoms with van der Waals surface area (Å²) >= 11 is 0. The van der Waals surface area contributed by atoms with Gasteiger partial charge in [0.2, 0.25) is 5.91 Å². The number of aliphatic hydroxyl groups is 1. The zero-order chi connectivity index (χ0) is 15.3. The van der Waals surface area contributed by atoms with Gasteiger partial charge in [0.1, 0.15) is 5.60 Å². The van der Waals surface area contributed by atoms with Crippen molar-refractivity contribution in [3.8, 4) is 0 Å². The number of rotatable bonds is 4. The molecule has 6 nitrogen and oxygen atoms in total. The summed E-state index contributed by atoms with van der Waals surface area (Å²) in [7, 11) is 0. The fourth-order valence-electron chi connectivity index (χ4n) is 2.02. The molecule has 0 bridgehead atoms. The minimum atomic E-state index is -0.533. The third kappa shape index (κ3) is 5.46. The van der Waals surface area contributed by atoms with E-state index in [2.05, 4.69) is 0 Å². The van der Waals surface area contributed by atoms with Gasteiger partial charge in [0, 0.05) is 13.0 Å². The predicted molar refractivity (Wildman–Crippen MR) is 73.1 cm³/mol. The van der Waals surface area contributed by atoms with Crippen molar-refractivity contribution < 1.29 is 24.2 Å². The molecule has 20 heavy (non-hydrogen) atoms. The highest BCUT2D eigenvalue weighted by atomic mass is 16.6. The van der Waals surface area contributed by atoms with Crippen LogP contribution in [0, 0.1) is 0 Å². The van der Waals surface area contributed by atoms with Gasteiger partial charge in [0.05, 0.1) is 31.8 Å². The van der Waals surface area contributed by atoms with Gasteiger partial charge in [-0.05, 0) is 27.7 Å². The summed E-state index contributed by atoms with van der Waals surface area (Å²) in [5.41, 5.74) is -0.533. The van der Waals surface area contributed by atoms with Gasteiger partial charge in [0.15, 0.2) is 0 Å². The summed E-state index contributed by atoms with van der Waals surface area (Å²) in [5, 5.41) is 9.09. The topological polar surface area (TPSA) is 76.1 Å². The van der Waals surface area contributed by atoms with Gasteiger partial charge < -0.3 is 19.5 Å². The molecule has 1 amide bonds. The standard InChI is InChI=1S/C14H25NO5/c1-10-9-19-11(8-16)7-15(10)12(17)5-6-13(18)20-14(2,3)4/h10-11,16H,5-9H2,1-4H3. The first-order valence-electron chi connectivity index (χ1n) is 6.96. The second kappa shape index (κ2) is 7.04. The van der Waals surface area contributed by atoms with E-state index >= 15 is 0 Å². The summed E-state index contributed by atoms with van der Waals surface area (Å²) < 4.78 is 10.5. The Kier molecular flexibility index (Phi) is 5.95. The van der Waals surface area contributed by atoms with Gasteiger partial charge in [-0.1, -0.05) is 0 Å². The molecule has 0 aromatic heterocycles. The second-order valence-corrected chi connectivity index (χ2v) is 6.12. The summed E-state index contributed by atoms with van der Waals surface area (Å²) in [6.45, 7) is 7.93. The van der Waals surface area contributed by atoms with E-state index in [1.807, 2.05) is 6.92 Å². The summed E-state index contributed by atoms with van der Waals surface area (Å²) in [6.07, 6.45) is -0.141. The molecule has 1 saturated heterocycles. The maximum absolute atomic E-state index is 12.1.